The number of anilines is 1. The summed E-state index contributed by atoms with van der Waals surface area (Å²) in [4.78, 5) is 12.5. The van der Waals surface area contributed by atoms with Crippen LogP contribution in [0.5, 0.6) is 17.2 Å². The van der Waals surface area contributed by atoms with E-state index >= 15 is 0 Å². The first-order chi connectivity index (χ1) is 12.6. The van der Waals surface area contributed by atoms with Crippen LogP contribution in [-0.2, 0) is 4.79 Å². The molecule has 0 atom stereocenters. The van der Waals surface area contributed by atoms with Crippen LogP contribution < -0.4 is 14.8 Å². The van der Waals surface area contributed by atoms with Crippen molar-refractivity contribution in [3.8, 4) is 17.2 Å². The minimum absolute atomic E-state index is 0.123. The summed E-state index contributed by atoms with van der Waals surface area (Å²) >= 11 is 0. The number of ether oxygens (including phenoxy) is 2. The van der Waals surface area contributed by atoms with Gasteiger partial charge in [0.05, 0.1) is 19.9 Å². The maximum Gasteiger partial charge on any atom is 0.256 e. The Morgan fingerprint density at radius 1 is 1.00 bits per heavy atom. The lowest BCUT2D eigenvalue weighted by atomic mass is 9.98. The summed E-state index contributed by atoms with van der Waals surface area (Å²) in [5, 5.41) is 15.1. The summed E-state index contributed by atoms with van der Waals surface area (Å²) in [6, 6.07) is 14.7. The van der Waals surface area contributed by atoms with E-state index in [0.717, 1.165) is 10.8 Å². The fourth-order valence-electron chi connectivity index (χ4n) is 3.24. The number of phenols is 1. The van der Waals surface area contributed by atoms with E-state index in [1.807, 2.05) is 30.3 Å². The number of carbonyl (C=O) groups is 1. The van der Waals surface area contributed by atoms with Gasteiger partial charge in [0.15, 0.2) is 11.5 Å². The normalized spacial score (nSPS) is 14.4. The molecule has 1 amide bonds. The van der Waals surface area contributed by atoms with Gasteiger partial charge in [-0.1, -0.05) is 30.3 Å². The van der Waals surface area contributed by atoms with Crippen molar-refractivity contribution in [1.29, 1.82) is 0 Å². The molecule has 3 aromatic carbocycles. The Morgan fingerprint density at radius 2 is 1.73 bits per heavy atom. The highest BCUT2D eigenvalue weighted by Gasteiger charge is 2.27. The van der Waals surface area contributed by atoms with Crippen molar-refractivity contribution in [1.82, 2.24) is 0 Å². The molecule has 0 saturated heterocycles. The number of fused-ring (bicyclic) bond motifs is 2. The monoisotopic (exact) mass is 347 g/mol. The van der Waals surface area contributed by atoms with Gasteiger partial charge in [0.2, 0.25) is 0 Å². The molecule has 5 heteroatoms. The number of phenolic OH excluding ortho intramolecular Hbond substituents is 1. The summed E-state index contributed by atoms with van der Waals surface area (Å²) in [5.41, 5.74) is 2.43. The molecule has 2 N–H and O–H groups in total. The van der Waals surface area contributed by atoms with Crippen LogP contribution in [0.1, 0.15) is 11.1 Å². The van der Waals surface area contributed by atoms with Crippen LogP contribution in [0.15, 0.2) is 48.5 Å². The van der Waals surface area contributed by atoms with Crippen molar-refractivity contribution in [2.75, 3.05) is 19.5 Å². The molecule has 0 unspecified atom stereocenters. The number of carbonyl (C=O) groups excluding carboxylic acids is 1. The molecule has 0 spiro atoms. The topological polar surface area (TPSA) is 67.8 Å². The van der Waals surface area contributed by atoms with E-state index in [4.69, 9.17) is 9.47 Å². The van der Waals surface area contributed by atoms with Gasteiger partial charge in [-0.15, -0.1) is 0 Å². The first-order valence-electron chi connectivity index (χ1n) is 8.12. The second-order valence-electron chi connectivity index (χ2n) is 5.98. The third kappa shape index (κ3) is 2.45. The molecule has 0 aromatic heterocycles. The number of rotatable bonds is 3. The molecule has 1 aliphatic heterocycles. The highest BCUT2D eigenvalue weighted by molar-refractivity contribution is 6.35. The van der Waals surface area contributed by atoms with Gasteiger partial charge in [0, 0.05) is 22.8 Å². The number of methoxy groups -OCH3 is 2. The van der Waals surface area contributed by atoms with Gasteiger partial charge in [-0.25, -0.2) is 0 Å². The summed E-state index contributed by atoms with van der Waals surface area (Å²) in [6.07, 6.45) is 1.71. The van der Waals surface area contributed by atoms with Crippen LogP contribution in [0.2, 0.25) is 0 Å². The Bertz CT molecular complexity index is 1070. The third-order valence-corrected chi connectivity index (χ3v) is 4.54. The van der Waals surface area contributed by atoms with Gasteiger partial charge in [-0.05, 0) is 29.0 Å². The minimum Gasteiger partial charge on any atom is -0.507 e. The Hall–Kier alpha value is -3.47. The van der Waals surface area contributed by atoms with Crippen molar-refractivity contribution in [3.05, 3.63) is 59.7 Å². The molecule has 0 radical (unpaired) electrons. The third-order valence-electron chi connectivity index (χ3n) is 4.54. The quantitative estimate of drug-likeness (QED) is 0.701. The largest absolute Gasteiger partial charge is 0.507 e. The van der Waals surface area contributed by atoms with Gasteiger partial charge >= 0.3 is 0 Å². The van der Waals surface area contributed by atoms with Gasteiger partial charge in [-0.3, -0.25) is 4.79 Å². The zero-order valence-corrected chi connectivity index (χ0v) is 14.4. The van der Waals surface area contributed by atoms with Crippen molar-refractivity contribution in [3.63, 3.8) is 0 Å². The van der Waals surface area contributed by atoms with Crippen molar-refractivity contribution >= 4 is 34.0 Å². The average Bonchev–Trinajstić information content (AvgIpc) is 2.97. The number of benzene rings is 3. The molecule has 26 heavy (non-hydrogen) atoms. The van der Waals surface area contributed by atoms with E-state index in [1.54, 1.807) is 38.5 Å². The van der Waals surface area contributed by atoms with E-state index in [0.29, 0.717) is 33.9 Å². The van der Waals surface area contributed by atoms with Crippen LogP contribution in [-0.4, -0.2) is 25.2 Å². The lowest BCUT2D eigenvalue weighted by Gasteiger charge is -2.10. The van der Waals surface area contributed by atoms with E-state index in [-0.39, 0.29) is 11.7 Å². The van der Waals surface area contributed by atoms with E-state index in [9.17, 15) is 9.90 Å². The second kappa shape index (κ2) is 6.11. The van der Waals surface area contributed by atoms with E-state index in [1.165, 1.54) is 0 Å². The summed E-state index contributed by atoms with van der Waals surface area (Å²) in [7, 11) is 3.10. The molecule has 130 valence electrons. The molecule has 0 saturated carbocycles. The molecular weight excluding hydrogens is 330 g/mol. The molecule has 0 aliphatic carbocycles. The van der Waals surface area contributed by atoms with E-state index < -0.39 is 0 Å². The molecule has 0 bridgehead atoms. The Kier molecular flexibility index (Phi) is 3.77. The Balaban J connectivity index is 1.93. The fraction of sp³-hybridized carbons (Fsp3) is 0.0952. The van der Waals surface area contributed by atoms with Gasteiger partial charge in [0.25, 0.3) is 5.91 Å². The summed E-state index contributed by atoms with van der Waals surface area (Å²) < 4.78 is 10.6. The molecule has 1 aliphatic rings. The predicted octanol–water partition coefficient (Wildman–Crippen LogP) is 4.06. The lowest BCUT2D eigenvalue weighted by Crippen LogP contribution is -2.03. The van der Waals surface area contributed by atoms with Crippen LogP contribution in [0, 0.1) is 0 Å². The first kappa shape index (κ1) is 16.0. The van der Waals surface area contributed by atoms with Crippen LogP contribution in [0.25, 0.3) is 22.4 Å². The smallest absolute Gasteiger partial charge is 0.256 e. The Morgan fingerprint density at radius 3 is 2.50 bits per heavy atom. The highest BCUT2D eigenvalue weighted by Crippen LogP contribution is 2.42. The standard InChI is InChI=1S/C21H17NO4/c1-25-19-10-14-16(21(24)22-17(14)11-20(19)26-2)9-15-13-6-4-3-5-12(13)7-8-18(15)23/h3-11,23H,1-2H3,(H,22,24). The zero-order chi connectivity index (χ0) is 18.3. The zero-order valence-electron chi connectivity index (χ0n) is 14.4. The number of aromatic hydroxyl groups is 1. The highest BCUT2D eigenvalue weighted by atomic mass is 16.5. The number of hydrogen-bond donors (Lipinski definition) is 2. The Labute approximate surface area is 150 Å². The molecule has 3 aromatic rings. The predicted molar refractivity (Wildman–Crippen MR) is 102 cm³/mol. The average molecular weight is 347 g/mol. The van der Waals surface area contributed by atoms with Crippen molar-refractivity contribution < 1.29 is 19.4 Å². The molecule has 5 nitrogen and oxygen atoms in total. The number of amides is 1. The van der Waals surface area contributed by atoms with Crippen molar-refractivity contribution in [2.24, 2.45) is 0 Å². The van der Waals surface area contributed by atoms with Crippen LogP contribution in [0.4, 0.5) is 5.69 Å². The molecule has 0 fully saturated rings. The van der Waals surface area contributed by atoms with Gasteiger partial charge in [0.1, 0.15) is 5.75 Å². The fourth-order valence-corrected chi connectivity index (χ4v) is 3.24. The molecular formula is C21H17NO4. The van der Waals surface area contributed by atoms with Crippen LogP contribution >= 0.6 is 0 Å². The van der Waals surface area contributed by atoms with Gasteiger partial charge in [-0.2, -0.15) is 0 Å². The SMILES string of the molecule is COc1cc2c(cc1OC)C(=Cc1c(O)ccc3ccccc13)C(=O)N2. The summed E-state index contributed by atoms with van der Waals surface area (Å²) in [5.74, 6) is 0.970. The molecule has 1 heterocycles. The lowest BCUT2D eigenvalue weighted by molar-refractivity contribution is -0.110. The molecule has 4 rings (SSSR count). The number of hydrogen-bond acceptors (Lipinski definition) is 4. The van der Waals surface area contributed by atoms with E-state index in [2.05, 4.69) is 5.32 Å². The van der Waals surface area contributed by atoms with Gasteiger partial charge < -0.3 is 19.9 Å². The maximum atomic E-state index is 12.5. The maximum absolute atomic E-state index is 12.5. The van der Waals surface area contributed by atoms with Crippen LogP contribution in [0.3, 0.4) is 0 Å². The second-order valence-corrected chi connectivity index (χ2v) is 5.98. The first-order valence-corrected chi connectivity index (χ1v) is 8.12. The van der Waals surface area contributed by atoms with Crippen molar-refractivity contribution in [2.45, 2.75) is 0 Å². The summed E-state index contributed by atoms with van der Waals surface area (Å²) in [6.45, 7) is 0. The number of nitrogens with one attached hydrogen (secondary N) is 1. The minimum atomic E-state index is -0.234.